The number of hydrogen-bond acceptors (Lipinski definition) is 6. The van der Waals surface area contributed by atoms with Gasteiger partial charge in [-0.15, -0.1) is 0 Å². The molecule has 8 heteroatoms. The van der Waals surface area contributed by atoms with Crippen molar-refractivity contribution < 1.29 is 38.2 Å². The van der Waals surface area contributed by atoms with Gasteiger partial charge < -0.3 is 23.8 Å². The highest BCUT2D eigenvalue weighted by atomic mass is 16.6. The second kappa shape index (κ2) is 32.0. The molecule has 0 aliphatic rings. The van der Waals surface area contributed by atoms with Crippen molar-refractivity contribution in [2.45, 2.75) is 174 Å². The fraction of sp³-hybridized carbons (Fsp3) is 0.825. The number of carboxylic acid groups (broad SMARTS) is 1. The van der Waals surface area contributed by atoms with Gasteiger partial charge in [-0.1, -0.05) is 122 Å². The van der Waals surface area contributed by atoms with Gasteiger partial charge >= 0.3 is 17.9 Å². The molecule has 0 radical (unpaired) electrons. The monoisotopic (exact) mass is 681 g/mol. The topological polar surface area (TPSA) is 99.1 Å². The molecule has 280 valence electrons. The van der Waals surface area contributed by atoms with Gasteiger partial charge in [0, 0.05) is 19.3 Å². The molecule has 0 spiro atoms. The maximum Gasteiger partial charge on any atom is 0.362 e. The fourth-order valence-electron chi connectivity index (χ4n) is 5.53. The summed E-state index contributed by atoms with van der Waals surface area (Å²) in [6.45, 7) is 4.65. The van der Waals surface area contributed by atoms with Crippen LogP contribution in [-0.2, 0) is 28.6 Å². The molecule has 2 atom stereocenters. The summed E-state index contributed by atoms with van der Waals surface area (Å²) < 4.78 is 17.1. The van der Waals surface area contributed by atoms with Crippen molar-refractivity contribution in [1.82, 2.24) is 0 Å². The van der Waals surface area contributed by atoms with Crippen molar-refractivity contribution in [2.24, 2.45) is 0 Å². The summed E-state index contributed by atoms with van der Waals surface area (Å²) in [5.74, 6) is -1.48. The zero-order valence-corrected chi connectivity index (χ0v) is 31.7. The average molecular weight is 681 g/mol. The molecule has 0 aromatic rings. The summed E-state index contributed by atoms with van der Waals surface area (Å²) >= 11 is 0. The highest BCUT2D eigenvalue weighted by molar-refractivity contribution is 5.72. The molecule has 0 aromatic heterocycles. The zero-order valence-electron chi connectivity index (χ0n) is 31.7. The number of rotatable bonds is 34. The van der Waals surface area contributed by atoms with Gasteiger partial charge in [0.1, 0.15) is 6.61 Å². The van der Waals surface area contributed by atoms with Gasteiger partial charge in [-0.2, -0.15) is 0 Å². The van der Waals surface area contributed by atoms with Crippen LogP contribution in [0.5, 0.6) is 0 Å². The van der Waals surface area contributed by atoms with Crippen LogP contribution in [0.1, 0.15) is 162 Å². The van der Waals surface area contributed by atoms with E-state index in [1.165, 1.54) is 77.0 Å². The zero-order chi connectivity index (χ0) is 35.7. The highest BCUT2D eigenvalue weighted by Crippen LogP contribution is 2.13. The third-order valence-electron chi connectivity index (χ3n) is 8.60. The maximum absolute atomic E-state index is 12.6. The average Bonchev–Trinajstić information content (AvgIpc) is 3.03. The van der Waals surface area contributed by atoms with E-state index in [-0.39, 0.29) is 36.2 Å². The van der Waals surface area contributed by atoms with Crippen molar-refractivity contribution in [3.05, 3.63) is 24.3 Å². The van der Waals surface area contributed by atoms with Crippen LogP contribution >= 0.6 is 0 Å². The summed E-state index contributed by atoms with van der Waals surface area (Å²) in [7, 11) is 5.51. The fourth-order valence-corrected chi connectivity index (χ4v) is 5.53. The standard InChI is InChI=1S/C40H73NO7/c1-6-8-10-12-14-15-16-17-18-19-20-21-22-23-25-27-29-31-39(43)48-36(34-46-33-32-37(40(44)45)41(3,4)5)35-47-38(42)30-28-26-24-13-11-9-7-2/h14-15,17-18,36-37H,6-13,16,19-35H2,1-5H3/p+1/b15-14+,18-17+. The third-order valence-corrected chi connectivity index (χ3v) is 8.60. The number of likely N-dealkylation sites (N-methyl/N-ethyl adjacent to an activating group) is 1. The van der Waals surface area contributed by atoms with E-state index in [1.54, 1.807) is 0 Å². The number of esters is 2. The van der Waals surface area contributed by atoms with E-state index in [2.05, 4.69) is 38.2 Å². The van der Waals surface area contributed by atoms with Crippen molar-refractivity contribution in [2.75, 3.05) is 41.0 Å². The molecule has 0 aromatic carbocycles. The lowest BCUT2D eigenvalue weighted by Gasteiger charge is -2.31. The number of carbonyl (C=O) groups is 3. The first-order valence-electron chi connectivity index (χ1n) is 19.4. The van der Waals surface area contributed by atoms with E-state index >= 15 is 0 Å². The highest BCUT2D eigenvalue weighted by Gasteiger charge is 2.31. The lowest BCUT2D eigenvalue weighted by Crippen LogP contribution is -2.50. The van der Waals surface area contributed by atoms with E-state index in [0.717, 1.165) is 51.4 Å². The minimum absolute atomic E-state index is 0.0519. The van der Waals surface area contributed by atoms with Gasteiger partial charge in [-0.05, 0) is 44.9 Å². The minimum atomic E-state index is -0.877. The molecule has 48 heavy (non-hydrogen) atoms. The Labute approximate surface area is 294 Å². The summed E-state index contributed by atoms with van der Waals surface area (Å²) in [4.78, 5) is 36.6. The molecule has 2 unspecified atom stereocenters. The summed E-state index contributed by atoms with van der Waals surface area (Å²) in [6, 6.07) is -0.611. The first kappa shape index (κ1) is 45.8. The van der Waals surface area contributed by atoms with Crippen LogP contribution in [0.2, 0.25) is 0 Å². The predicted octanol–water partition coefficient (Wildman–Crippen LogP) is 9.74. The largest absolute Gasteiger partial charge is 0.477 e. The molecule has 1 N–H and O–H groups in total. The van der Waals surface area contributed by atoms with E-state index in [0.29, 0.717) is 19.3 Å². The number of unbranched alkanes of at least 4 members (excludes halogenated alkanes) is 16. The summed E-state index contributed by atoms with van der Waals surface area (Å²) in [6.07, 6.45) is 32.3. The number of hydrogen-bond donors (Lipinski definition) is 1. The maximum atomic E-state index is 12.6. The smallest absolute Gasteiger partial charge is 0.362 e. The summed E-state index contributed by atoms with van der Waals surface area (Å²) in [5.41, 5.74) is 0. The summed E-state index contributed by atoms with van der Waals surface area (Å²) in [5, 5.41) is 9.56. The first-order chi connectivity index (χ1) is 23.1. The van der Waals surface area contributed by atoms with Crippen molar-refractivity contribution in [3.63, 3.8) is 0 Å². The molecular formula is C40H74NO7+. The molecule has 0 saturated heterocycles. The second-order valence-electron chi connectivity index (χ2n) is 14.2. The van der Waals surface area contributed by atoms with Crippen LogP contribution in [0.4, 0.5) is 0 Å². The normalized spacial score (nSPS) is 13.3. The Bertz CT molecular complexity index is 849. The molecule has 0 rings (SSSR count). The van der Waals surface area contributed by atoms with E-state index in [9.17, 15) is 19.5 Å². The number of aliphatic carboxylic acids is 1. The Morgan fingerprint density at radius 1 is 0.625 bits per heavy atom. The lowest BCUT2D eigenvalue weighted by molar-refractivity contribution is -0.887. The van der Waals surface area contributed by atoms with Crippen LogP contribution in [0.25, 0.3) is 0 Å². The predicted molar refractivity (Wildman–Crippen MR) is 197 cm³/mol. The van der Waals surface area contributed by atoms with Crippen LogP contribution in [0, 0.1) is 0 Å². The van der Waals surface area contributed by atoms with Crippen molar-refractivity contribution in [1.29, 1.82) is 0 Å². The Hall–Kier alpha value is -2.19. The third kappa shape index (κ3) is 29.9. The van der Waals surface area contributed by atoms with Crippen LogP contribution in [-0.4, -0.2) is 80.6 Å². The van der Waals surface area contributed by atoms with Gasteiger partial charge in [0.25, 0.3) is 0 Å². The minimum Gasteiger partial charge on any atom is -0.477 e. The quantitative estimate of drug-likeness (QED) is 0.0313. The van der Waals surface area contributed by atoms with E-state index < -0.39 is 18.1 Å². The molecule has 0 heterocycles. The van der Waals surface area contributed by atoms with Gasteiger partial charge in [-0.3, -0.25) is 9.59 Å². The Balaban J connectivity index is 4.34. The first-order valence-corrected chi connectivity index (χ1v) is 19.4. The van der Waals surface area contributed by atoms with Crippen molar-refractivity contribution >= 4 is 17.9 Å². The van der Waals surface area contributed by atoms with Gasteiger partial charge in [-0.25, -0.2) is 4.79 Å². The van der Waals surface area contributed by atoms with E-state index in [1.807, 2.05) is 21.1 Å². The van der Waals surface area contributed by atoms with Gasteiger partial charge in [0.05, 0.1) is 34.4 Å². The number of carbonyl (C=O) groups excluding carboxylic acids is 2. The van der Waals surface area contributed by atoms with Crippen LogP contribution in [0.15, 0.2) is 24.3 Å². The molecule has 0 saturated carbocycles. The molecular weight excluding hydrogens is 606 g/mol. The van der Waals surface area contributed by atoms with Crippen LogP contribution in [0.3, 0.4) is 0 Å². The molecule has 0 aliphatic heterocycles. The Morgan fingerprint density at radius 2 is 1.10 bits per heavy atom. The SMILES string of the molecule is CCCCC/C=C/C/C=C/CCCCCCCCCC(=O)OC(COCCC(C(=O)O)[N+](C)(C)C)COC(=O)CCCCCCCCC. The lowest BCUT2D eigenvalue weighted by atomic mass is 10.1. The number of nitrogens with zero attached hydrogens (tertiary/aromatic N) is 1. The van der Waals surface area contributed by atoms with Crippen molar-refractivity contribution in [3.8, 4) is 0 Å². The number of quaternary nitrogens is 1. The molecule has 0 bridgehead atoms. The van der Waals surface area contributed by atoms with E-state index in [4.69, 9.17) is 14.2 Å². The molecule has 0 amide bonds. The number of allylic oxidation sites excluding steroid dienone is 4. The number of carboxylic acids is 1. The molecule has 8 nitrogen and oxygen atoms in total. The Kier molecular flexibility index (Phi) is 30.6. The second-order valence-corrected chi connectivity index (χ2v) is 14.2. The van der Waals surface area contributed by atoms with Gasteiger partial charge in [0.2, 0.25) is 0 Å². The molecule has 0 aliphatic carbocycles. The molecule has 0 fully saturated rings. The van der Waals surface area contributed by atoms with Crippen LogP contribution < -0.4 is 0 Å². The van der Waals surface area contributed by atoms with Gasteiger partial charge in [0.15, 0.2) is 12.1 Å². The number of ether oxygens (including phenoxy) is 3. The Morgan fingerprint density at radius 3 is 1.65 bits per heavy atom.